The Hall–Kier alpha value is -1.68. The predicted octanol–water partition coefficient (Wildman–Crippen LogP) is 3.38. The molecule has 1 fully saturated rings. The Morgan fingerprint density at radius 2 is 1.88 bits per heavy atom. The smallest absolute Gasteiger partial charge is 0.191 e. The molecule has 0 unspecified atom stereocenters. The number of aryl methyl sites for hydroxylation is 1. The van der Waals surface area contributed by atoms with Crippen molar-refractivity contribution in [3.63, 3.8) is 0 Å². The molecule has 2 aromatic rings. The van der Waals surface area contributed by atoms with Gasteiger partial charge in [0.2, 0.25) is 0 Å². The van der Waals surface area contributed by atoms with Gasteiger partial charge in [0.15, 0.2) is 5.96 Å². The number of piperidine rings is 1. The van der Waals surface area contributed by atoms with Crippen LogP contribution in [0.15, 0.2) is 35.3 Å². The summed E-state index contributed by atoms with van der Waals surface area (Å²) >= 11 is 0. The second kappa shape index (κ2) is 13.1. The fourth-order valence-electron chi connectivity index (χ4n) is 4.59. The summed E-state index contributed by atoms with van der Waals surface area (Å²) in [6, 6.07) is 11.2. The van der Waals surface area contributed by atoms with Gasteiger partial charge in [-0.05, 0) is 38.2 Å². The van der Waals surface area contributed by atoms with Gasteiger partial charge >= 0.3 is 0 Å². The Bertz CT molecular complexity index is 828. The molecule has 0 atom stereocenters. The molecule has 7 nitrogen and oxygen atoms in total. The monoisotopic (exact) mass is 551 g/mol. The highest BCUT2D eigenvalue weighted by atomic mass is 127. The number of guanidine groups is 1. The van der Waals surface area contributed by atoms with Crippen LogP contribution in [0.25, 0.3) is 0 Å². The minimum absolute atomic E-state index is 0. The van der Waals surface area contributed by atoms with Crippen molar-refractivity contribution >= 4 is 29.9 Å². The molecule has 176 valence electrons. The summed E-state index contributed by atoms with van der Waals surface area (Å²) in [5.41, 5.74) is 1.40. The Morgan fingerprint density at radius 3 is 2.66 bits per heavy atom. The van der Waals surface area contributed by atoms with Crippen molar-refractivity contribution in [2.45, 2.75) is 71.0 Å². The molecule has 0 spiro atoms. The largest absolute Gasteiger partial charge is 0.357 e. The average Bonchev–Trinajstić information content (AvgIpc) is 3.02. The highest BCUT2D eigenvalue weighted by Crippen LogP contribution is 2.15. The second-order valence-corrected chi connectivity index (χ2v) is 8.69. The Labute approximate surface area is 209 Å². The van der Waals surface area contributed by atoms with E-state index < -0.39 is 0 Å². The number of fused-ring (bicyclic) bond motifs is 1. The van der Waals surface area contributed by atoms with Crippen molar-refractivity contribution in [3.05, 3.63) is 47.5 Å². The van der Waals surface area contributed by atoms with Gasteiger partial charge in [-0.1, -0.05) is 36.8 Å². The SMILES string of the molecule is CCNC(=NCCc1nnc2n1CCCCC2)NC1CCN(Cc2ccccc2)CC1.I. The average molecular weight is 552 g/mol. The number of rotatable bonds is 7. The van der Waals surface area contributed by atoms with E-state index >= 15 is 0 Å². The van der Waals surface area contributed by atoms with Crippen LogP contribution in [0.1, 0.15) is 56.2 Å². The lowest BCUT2D eigenvalue weighted by Gasteiger charge is -2.33. The van der Waals surface area contributed by atoms with E-state index in [1.54, 1.807) is 0 Å². The molecule has 0 bridgehead atoms. The van der Waals surface area contributed by atoms with Gasteiger partial charge in [0.1, 0.15) is 11.6 Å². The molecular weight excluding hydrogens is 513 g/mol. The molecule has 0 amide bonds. The van der Waals surface area contributed by atoms with Crippen LogP contribution in [0.5, 0.6) is 0 Å². The Morgan fingerprint density at radius 1 is 1.06 bits per heavy atom. The predicted molar refractivity (Wildman–Crippen MR) is 141 cm³/mol. The minimum Gasteiger partial charge on any atom is -0.357 e. The normalized spacial score (nSPS) is 17.8. The standard InChI is InChI=1S/C24H37N7.HI/c1-2-25-24(26-15-12-23-29-28-22-11-7-4-8-16-31(22)23)27-21-13-17-30(18-14-21)19-20-9-5-3-6-10-20;/h3,5-6,9-10,21H,2,4,7-8,11-19H2,1H3,(H2,25,26,27);1H. The molecular formula is C24H38IN7. The van der Waals surface area contributed by atoms with E-state index in [0.717, 1.165) is 82.6 Å². The number of nitrogens with zero attached hydrogens (tertiary/aromatic N) is 5. The van der Waals surface area contributed by atoms with Crippen LogP contribution >= 0.6 is 24.0 Å². The molecule has 1 aromatic heterocycles. The zero-order valence-corrected chi connectivity index (χ0v) is 21.6. The third kappa shape index (κ3) is 7.16. The van der Waals surface area contributed by atoms with Gasteiger partial charge in [-0.15, -0.1) is 34.2 Å². The minimum atomic E-state index is 0. The quantitative estimate of drug-likeness (QED) is 0.314. The zero-order valence-electron chi connectivity index (χ0n) is 19.3. The first-order chi connectivity index (χ1) is 15.3. The van der Waals surface area contributed by atoms with E-state index in [-0.39, 0.29) is 24.0 Å². The molecule has 0 saturated carbocycles. The molecule has 2 aliphatic heterocycles. The number of halogens is 1. The maximum Gasteiger partial charge on any atom is 0.191 e. The van der Waals surface area contributed by atoms with Gasteiger partial charge in [-0.3, -0.25) is 9.89 Å². The molecule has 0 aliphatic carbocycles. The molecule has 1 aromatic carbocycles. The molecule has 4 rings (SSSR count). The number of hydrogen-bond acceptors (Lipinski definition) is 4. The van der Waals surface area contributed by atoms with Crippen molar-refractivity contribution < 1.29 is 0 Å². The third-order valence-corrected chi connectivity index (χ3v) is 6.31. The maximum atomic E-state index is 4.84. The van der Waals surface area contributed by atoms with Crippen LogP contribution in [-0.2, 0) is 25.9 Å². The number of likely N-dealkylation sites (tertiary alicyclic amines) is 1. The van der Waals surface area contributed by atoms with Crippen LogP contribution in [0.4, 0.5) is 0 Å². The zero-order chi connectivity index (χ0) is 21.3. The van der Waals surface area contributed by atoms with Crippen molar-refractivity contribution in [1.82, 2.24) is 30.3 Å². The summed E-state index contributed by atoms with van der Waals surface area (Å²) in [6.45, 7) is 8.08. The number of nitrogens with one attached hydrogen (secondary N) is 2. The molecule has 2 aliphatic rings. The number of aliphatic imine (C=N–C) groups is 1. The summed E-state index contributed by atoms with van der Waals surface area (Å²) < 4.78 is 2.32. The van der Waals surface area contributed by atoms with Gasteiger partial charge in [0.05, 0.1) is 0 Å². The molecule has 0 radical (unpaired) electrons. The van der Waals surface area contributed by atoms with Crippen LogP contribution < -0.4 is 10.6 Å². The first kappa shape index (κ1) is 25.0. The lowest BCUT2D eigenvalue weighted by Crippen LogP contribution is -2.48. The van der Waals surface area contributed by atoms with Crippen molar-refractivity contribution in [2.24, 2.45) is 4.99 Å². The van der Waals surface area contributed by atoms with Crippen molar-refractivity contribution in [2.75, 3.05) is 26.2 Å². The molecule has 2 N–H and O–H groups in total. The van der Waals surface area contributed by atoms with Crippen LogP contribution in [0.3, 0.4) is 0 Å². The van der Waals surface area contributed by atoms with E-state index in [0.29, 0.717) is 6.04 Å². The van der Waals surface area contributed by atoms with E-state index in [1.807, 2.05) is 0 Å². The summed E-state index contributed by atoms with van der Waals surface area (Å²) in [6.07, 6.45) is 7.95. The summed E-state index contributed by atoms with van der Waals surface area (Å²) in [7, 11) is 0. The highest BCUT2D eigenvalue weighted by Gasteiger charge is 2.20. The van der Waals surface area contributed by atoms with E-state index in [2.05, 4.69) is 67.6 Å². The van der Waals surface area contributed by atoms with Gasteiger partial charge in [0, 0.05) is 58.2 Å². The van der Waals surface area contributed by atoms with Crippen LogP contribution in [0, 0.1) is 0 Å². The first-order valence-corrected chi connectivity index (χ1v) is 12.0. The second-order valence-electron chi connectivity index (χ2n) is 8.69. The van der Waals surface area contributed by atoms with E-state index in [4.69, 9.17) is 4.99 Å². The molecule has 1 saturated heterocycles. The maximum absolute atomic E-state index is 4.84. The van der Waals surface area contributed by atoms with Crippen molar-refractivity contribution in [1.29, 1.82) is 0 Å². The first-order valence-electron chi connectivity index (χ1n) is 12.0. The molecule has 3 heterocycles. The molecule has 32 heavy (non-hydrogen) atoms. The third-order valence-electron chi connectivity index (χ3n) is 6.31. The Kier molecular flexibility index (Phi) is 10.2. The van der Waals surface area contributed by atoms with Gasteiger partial charge in [-0.2, -0.15) is 0 Å². The summed E-state index contributed by atoms with van der Waals surface area (Å²) in [4.78, 5) is 7.39. The topological polar surface area (TPSA) is 70.4 Å². The fraction of sp³-hybridized carbons (Fsp3) is 0.625. The fourth-order valence-corrected chi connectivity index (χ4v) is 4.59. The number of aromatic nitrogens is 3. The molecule has 8 heteroatoms. The lowest BCUT2D eigenvalue weighted by molar-refractivity contribution is 0.198. The Balaban J connectivity index is 0.00000289. The van der Waals surface area contributed by atoms with Gasteiger partial charge < -0.3 is 15.2 Å². The van der Waals surface area contributed by atoms with E-state index in [9.17, 15) is 0 Å². The van der Waals surface area contributed by atoms with Crippen LogP contribution in [0.2, 0.25) is 0 Å². The summed E-state index contributed by atoms with van der Waals surface area (Å²) in [5, 5.41) is 15.9. The number of hydrogen-bond donors (Lipinski definition) is 2. The van der Waals surface area contributed by atoms with Gasteiger partial charge in [0.25, 0.3) is 0 Å². The van der Waals surface area contributed by atoms with Crippen molar-refractivity contribution in [3.8, 4) is 0 Å². The number of benzene rings is 1. The van der Waals surface area contributed by atoms with Gasteiger partial charge in [-0.25, -0.2) is 0 Å². The summed E-state index contributed by atoms with van der Waals surface area (Å²) in [5.74, 6) is 3.18. The van der Waals surface area contributed by atoms with Crippen LogP contribution in [-0.4, -0.2) is 57.8 Å². The van der Waals surface area contributed by atoms with E-state index in [1.165, 1.54) is 24.8 Å². The highest BCUT2D eigenvalue weighted by molar-refractivity contribution is 14.0. The lowest BCUT2D eigenvalue weighted by atomic mass is 10.0.